The summed E-state index contributed by atoms with van der Waals surface area (Å²) >= 11 is 0. The van der Waals surface area contributed by atoms with Gasteiger partial charge in [0.05, 0.1) is 18.7 Å². The third-order valence-corrected chi connectivity index (χ3v) is 4.14. The normalized spacial score (nSPS) is 21.3. The largest absolute Gasteiger partial charge is 0.479 e. The monoisotopic (exact) mass is 351 g/mol. The highest BCUT2D eigenvalue weighted by molar-refractivity contribution is 5.83. The summed E-state index contributed by atoms with van der Waals surface area (Å²) in [5.74, 6) is -2.16. The van der Waals surface area contributed by atoms with E-state index >= 15 is 0 Å². The van der Waals surface area contributed by atoms with Gasteiger partial charge in [0.1, 0.15) is 6.54 Å². The van der Waals surface area contributed by atoms with Crippen molar-refractivity contribution in [2.24, 2.45) is 0 Å². The zero-order valence-electron chi connectivity index (χ0n) is 13.2. The van der Waals surface area contributed by atoms with Crippen LogP contribution in [0.3, 0.4) is 0 Å². The fourth-order valence-electron chi connectivity index (χ4n) is 2.74. The van der Waals surface area contributed by atoms with Crippen molar-refractivity contribution in [2.45, 2.75) is 45.1 Å². The van der Waals surface area contributed by atoms with Crippen molar-refractivity contribution < 1.29 is 32.3 Å². The average molecular weight is 351 g/mol. The van der Waals surface area contributed by atoms with Crippen LogP contribution in [0.15, 0.2) is 0 Å². The Bertz CT molecular complexity index is 671. The highest BCUT2D eigenvalue weighted by atomic mass is 19.4. The van der Waals surface area contributed by atoms with Gasteiger partial charge in [0.15, 0.2) is 0 Å². The summed E-state index contributed by atoms with van der Waals surface area (Å²) < 4.78 is 52.3. The number of carboxylic acid groups (broad SMARTS) is 1. The molecule has 1 unspecified atom stereocenters. The van der Waals surface area contributed by atoms with Gasteiger partial charge in [-0.2, -0.15) is 18.3 Å². The van der Waals surface area contributed by atoms with E-state index in [9.17, 15) is 27.2 Å². The number of aliphatic carboxylic acids is 1. The topological polar surface area (TPSA) is 75.4 Å². The highest BCUT2D eigenvalue weighted by Crippen LogP contribution is 2.27. The Hall–Kier alpha value is -2.13. The number of rotatable bonds is 4. The number of carbonyl (C=O) groups is 2. The lowest BCUT2D eigenvalue weighted by atomic mass is 10.1. The minimum absolute atomic E-state index is 0.0452. The van der Waals surface area contributed by atoms with E-state index < -0.39 is 36.8 Å². The number of hydrogen-bond donors (Lipinski definition) is 1. The fourth-order valence-corrected chi connectivity index (χ4v) is 2.74. The summed E-state index contributed by atoms with van der Waals surface area (Å²) in [6.07, 6.45) is -4.99. The van der Waals surface area contributed by atoms with Gasteiger partial charge in [0, 0.05) is 24.2 Å². The molecule has 1 atom stereocenters. The second kappa shape index (κ2) is 6.06. The van der Waals surface area contributed by atoms with Gasteiger partial charge in [0.25, 0.3) is 0 Å². The Morgan fingerprint density at radius 1 is 1.33 bits per heavy atom. The van der Waals surface area contributed by atoms with Gasteiger partial charge in [-0.05, 0) is 13.8 Å². The zero-order chi connectivity index (χ0) is 18.3. The van der Waals surface area contributed by atoms with E-state index in [2.05, 4.69) is 5.10 Å². The van der Waals surface area contributed by atoms with Crippen molar-refractivity contribution >= 4 is 11.9 Å². The van der Waals surface area contributed by atoms with Crippen LogP contribution < -0.4 is 0 Å². The summed E-state index contributed by atoms with van der Waals surface area (Å²) in [7, 11) is 0. The molecule has 0 aliphatic carbocycles. The van der Waals surface area contributed by atoms with Crippen molar-refractivity contribution in [3.8, 4) is 0 Å². The predicted octanol–water partition coefficient (Wildman–Crippen LogP) is 1.63. The summed E-state index contributed by atoms with van der Waals surface area (Å²) in [6, 6.07) is 0. The fraction of sp³-hybridized carbons (Fsp3) is 0.643. The standard InChI is InChI=1S/C14H17F4N3O3/c1-8-10(9(2)21(19-8)7-14(16,17)18)5-11(22)20-4-3-13(15,6-20)12(23)24/h3-7H2,1-2H3,(H,23,24). The summed E-state index contributed by atoms with van der Waals surface area (Å²) in [4.78, 5) is 24.2. The predicted molar refractivity (Wildman–Crippen MR) is 74.1 cm³/mol. The number of aromatic nitrogens is 2. The second-order valence-electron chi connectivity index (χ2n) is 5.93. The number of amides is 1. The number of halogens is 4. The quantitative estimate of drug-likeness (QED) is 0.837. The second-order valence-corrected chi connectivity index (χ2v) is 5.93. The lowest BCUT2D eigenvalue weighted by molar-refractivity contribution is -0.150. The molecule has 0 radical (unpaired) electrons. The molecule has 1 aromatic rings. The molecule has 0 aromatic carbocycles. The maximum absolute atomic E-state index is 14.0. The number of aryl methyl sites for hydroxylation is 1. The van der Waals surface area contributed by atoms with E-state index in [1.54, 1.807) is 0 Å². The smallest absolute Gasteiger partial charge is 0.408 e. The van der Waals surface area contributed by atoms with E-state index in [4.69, 9.17) is 5.11 Å². The Labute approximate surface area is 135 Å². The van der Waals surface area contributed by atoms with Gasteiger partial charge in [-0.1, -0.05) is 0 Å². The van der Waals surface area contributed by atoms with Gasteiger partial charge >= 0.3 is 12.1 Å². The molecular weight excluding hydrogens is 334 g/mol. The van der Waals surface area contributed by atoms with E-state index in [1.807, 2.05) is 0 Å². The number of carbonyl (C=O) groups excluding carboxylic acids is 1. The number of hydrogen-bond acceptors (Lipinski definition) is 3. The lowest BCUT2D eigenvalue weighted by Gasteiger charge is -2.18. The summed E-state index contributed by atoms with van der Waals surface area (Å²) in [5.41, 5.74) is -1.63. The van der Waals surface area contributed by atoms with Crippen LogP contribution in [-0.4, -0.2) is 56.6 Å². The van der Waals surface area contributed by atoms with Crippen molar-refractivity contribution in [2.75, 3.05) is 13.1 Å². The Morgan fingerprint density at radius 2 is 1.96 bits per heavy atom. The van der Waals surface area contributed by atoms with E-state index in [0.29, 0.717) is 5.56 Å². The molecule has 1 N–H and O–H groups in total. The number of alkyl halides is 4. The van der Waals surface area contributed by atoms with Crippen LogP contribution in [0.1, 0.15) is 23.4 Å². The molecule has 0 bridgehead atoms. The van der Waals surface area contributed by atoms with Crippen LogP contribution in [0.4, 0.5) is 17.6 Å². The summed E-state index contributed by atoms with van der Waals surface area (Å²) in [5, 5.41) is 12.6. The van der Waals surface area contributed by atoms with Gasteiger partial charge < -0.3 is 10.0 Å². The van der Waals surface area contributed by atoms with E-state index in [0.717, 1.165) is 9.58 Å². The van der Waals surface area contributed by atoms with Crippen molar-refractivity contribution in [1.82, 2.24) is 14.7 Å². The lowest BCUT2D eigenvalue weighted by Crippen LogP contribution is -2.39. The van der Waals surface area contributed by atoms with Gasteiger partial charge in [0.2, 0.25) is 11.6 Å². The minimum Gasteiger partial charge on any atom is -0.479 e. The molecule has 2 heterocycles. The molecule has 1 saturated heterocycles. The first-order valence-electron chi connectivity index (χ1n) is 7.23. The molecule has 134 valence electrons. The molecule has 0 saturated carbocycles. The SMILES string of the molecule is Cc1nn(CC(F)(F)F)c(C)c1CC(=O)N1CCC(F)(C(=O)O)C1. The van der Waals surface area contributed by atoms with Crippen LogP contribution in [-0.2, 0) is 22.6 Å². The minimum atomic E-state index is -4.44. The number of carboxylic acids is 1. The Balaban J connectivity index is 2.12. The molecule has 1 amide bonds. The molecule has 10 heteroatoms. The van der Waals surface area contributed by atoms with Gasteiger partial charge in [-0.25, -0.2) is 9.18 Å². The van der Waals surface area contributed by atoms with Gasteiger partial charge in [-0.3, -0.25) is 9.48 Å². The molecule has 24 heavy (non-hydrogen) atoms. The molecule has 6 nitrogen and oxygen atoms in total. The highest BCUT2D eigenvalue weighted by Gasteiger charge is 2.46. The Kier molecular flexibility index (Phi) is 4.60. The van der Waals surface area contributed by atoms with Crippen LogP contribution >= 0.6 is 0 Å². The maximum atomic E-state index is 14.0. The molecule has 1 fully saturated rings. The van der Waals surface area contributed by atoms with Crippen LogP contribution in [0.25, 0.3) is 0 Å². The number of likely N-dealkylation sites (tertiary alicyclic amines) is 1. The molecule has 0 spiro atoms. The third kappa shape index (κ3) is 3.68. The van der Waals surface area contributed by atoms with Crippen LogP contribution in [0.5, 0.6) is 0 Å². The van der Waals surface area contributed by atoms with E-state index in [-0.39, 0.29) is 30.8 Å². The van der Waals surface area contributed by atoms with Crippen molar-refractivity contribution in [1.29, 1.82) is 0 Å². The first-order valence-corrected chi connectivity index (χ1v) is 7.23. The molecule has 1 aliphatic heterocycles. The summed E-state index contributed by atoms with van der Waals surface area (Å²) in [6.45, 7) is 1.05. The van der Waals surface area contributed by atoms with Crippen molar-refractivity contribution in [3.63, 3.8) is 0 Å². The number of nitrogens with zero attached hydrogens (tertiary/aromatic N) is 3. The van der Waals surface area contributed by atoms with E-state index in [1.165, 1.54) is 13.8 Å². The zero-order valence-corrected chi connectivity index (χ0v) is 13.2. The molecule has 2 rings (SSSR count). The molecular formula is C14H17F4N3O3. The third-order valence-electron chi connectivity index (χ3n) is 4.14. The van der Waals surface area contributed by atoms with Crippen LogP contribution in [0.2, 0.25) is 0 Å². The molecule has 1 aromatic heterocycles. The molecule has 1 aliphatic rings. The maximum Gasteiger partial charge on any atom is 0.408 e. The van der Waals surface area contributed by atoms with Gasteiger partial charge in [-0.15, -0.1) is 0 Å². The van der Waals surface area contributed by atoms with Crippen LogP contribution in [0, 0.1) is 13.8 Å². The first-order chi connectivity index (χ1) is 10.9. The average Bonchev–Trinajstić information content (AvgIpc) is 2.95. The first kappa shape index (κ1) is 18.2. The Morgan fingerprint density at radius 3 is 2.46 bits per heavy atom. The van der Waals surface area contributed by atoms with Crippen molar-refractivity contribution in [3.05, 3.63) is 17.0 Å².